The molecule has 5 heteroatoms. The Kier molecular flexibility index (Phi) is 3.56. The van der Waals surface area contributed by atoms with Crippen LogP contribution in [-0.4, -0.2) is 12.1 Å². The minimum absolute atomic E-state index is 0.250. The molecule has 1 aromatic carbocycles. The summed E-state index contributed by atoms with van der Waals surface area (Å²) in [5.41, 5.74) is 1.56. The van der Waals surface area contributed by atoms with Crippen molar-refractivity contribution in [3.63, 3.8) is 0 Å². The Hall–Kier alpha value is -0.940. The second-order valence-corrected chi connectivity index (χ2v) is 4.61. The lowest BCUT2D eigenvalue weighted by molar-refractivity contribution is 0.386. The molecule has 0 unspecified atom stereocenters. The van der Waals surface area contributed by atoms with Gasteiger partial charge in [-0.3, -0.25) is 0 Å². The van der Waals surface area contributed by atoms with Gasteiger partial charge < -0.3 is 4.74 Å². The molecule has 0 bridgehead atoms. The largest absolute Gasteiger partial charge is 0.494 e. The Bertz CT molecular complexity index is 500. The maximum absolute atomic E-state index is 13.5. The Morgan fingerprint density at radius 2 is 2.31 bits per heavy atom. The van der Waals surface area contributed by atoms with Crippen LogP contribution in [0.2, 0.25) is 0 Å². The van der Waals surface area contributed by atoms with E-state index in [9.17, 15) is 4.39 Å². The van der Waals surface area contributed by atoms with Crippen LogP contribution in [0.1, 0.15) is 5.01 Å². The summed E-state index contributed by atoms with van der Waals surface area (Å²) in [6.45, 7) is 0. The van der Waals surface area contributed by atoms with Crippen LogP contribution in [0.5, 0.6) is 5.75 Å². The zero-order valence-electron chi connectivity index (χ0n) is 8.54. The maximum atomic E-state index is 13.5. The SMILES string of the molecule is COc1ccc(-c2csc(CBr)n2)cc1F. The third-order valence-electron chi connectivity index (χ3n) is 2.11. The third-order valence-corrected chi connectivity index (χ3v) is 3.86. The molecule has 0 radical (unpaired) electrons. The van der Waals surface area contributed by atoms with Crippen molar-refractivity contribution < 1.29 is 9.13 Å². The van der Waals surface area contributed by atoms with Gasteiger partial charge in [0.05, 0.1) is 18.1 Å². The first kappa shape index (κ1) is 11.5. The lowest BCUT2D eigenvalue weighted by Crippen LogP contribution is -1.88. The van der Waals surface area contributed by atoms with Crippen molar-refractivity contribution in [1.29, 1.82) is 0 Å². The van der Waals surface area contributed by atoms with Gasteiger partial charge in [-0.05, 0) is 18.2 Å². The second-order valence-electron chi connectivity index (χ2n) is 3.11. The highest BCUT2D eigenvalue weighted by molar-refractivity contribution is 9.08. The standard InChI is InChI=1S/C11H9BrFNOS/c1-15-10-3-2-7(4-8(10)13)9-6-16-11(5-12)14-9/h2-4,6H,5H2,1H3. The van der Waals surface area contributed by atoms with Gasteiger partial charge >= 0.3 is 0 Å². The molecule has 0 atom stereocenters. The van der Waals surface area contributed by atoms with Gasteiger partial charge in [0.25, 0.3) is 0 Å². The molecular formula is C11H9BrFNOS. The van der Waals surface area contributed by atoms with Gasteiger partial charge in [-0.1, -0.05) is 15.9 Å². The van der Waals surface area contributed by atoms with Gasteiger partial charge in [0.2, 0.25) is 0 Å². The summed E-state index contributed by atoms with van der Waals surface area (Å²) in [7, 11) is 1.45. The molecule has 2 aromatic rings. The fourth-order valence-corrected chi connectivity index (χ4v) is 2.50. The fraction of sp³-hybridized carbons (Fsp3) is 0.182. The van der Waals surface area contributed by atoms with Crippen molar-refractivity contribution in [3.05, 3.63) is 34.4 Å². The smallest absolute Gasteiger partial charge is 0.165 e. The molecule has 16 heavy (non-hydrogen) atoms. The van der Waals surface area contributed by atoms with Gasteiger partial charge in [-0.25, -0.2) is 9.37 Å². The third kappa shape index (κ3) is 2.25. The molecule has 1 heterocycles. The highest BCUT2D eigenvalue weighted by Crippen LogP contribution is 2.27. The second kappa shape index (κ2) is 4.93. The van der Waals surface area contributed by atoms with Crippen LogP contribution in [-0.2, 0) is 5.33 Å². The molecule has 0 amide bonds. The average Bonchev–Trinajstić information content (AvgIpc) is 2.77. The van der Waals surface area contributed by atoms with E-state index in [1.165, 1.54) is 13.2 Å². The van der Waals surface area contributed by atoms with Crippen molar-refractivity contribution >= 4 is 27.3 Å². The number of benzene rings is 1. The summed E-state index contributed by atoms with van der Waals surface area (Å²) in [6, 6.07) is 4.85. The van der Waals surface area contributed by atoms with E-state index in [0.29, 0.717) is 0 Å². The lowest BCUT2D eigenvalue weighted by atomic mass is 10.1. The van der Waals surface area contributed by atoms with Gasteiger partial charge in [-0.15, -0.1) is 11.3 Å². The highest BCUT2D eigenvalue weighted by Gasteiger charge is 2.08. The van der Waals surface area contributed by atoms with Gasteiger partial charge in [0.1, 0.15) is 5.01 Å². The van der Waals surface area contributed by atoms with Crippen LogP contribution in [0.4, 0.5) is 4.39 Å². The highest BCUT2D eigenvalue weighted by atomic mass is 79.9. The van der Waals surface area contributed by atoms with E-state index < -0.39 is 0 Å². The van der Waals surface area contributed by atoms with Crippen molar-refractivity contribution in [3.8, 4) is 17.0 Å². The minimum atomic E-state index is -0.367. The van der Waals surface area contributed by atoms with Crippen LogP contribution in [0, 0.1) is 5.82 Å². The number of aromatic nitrogens is 1. The Morgan fingerprint density at radius 1 is 1.50 bits per heavy atom. The fourth-order valence-electron chi connectivity index (χ4n) is 1.33. The number of hydrogen-bond acceptors (Lipinski definition) is 3. The number of nitrogens with zero attached hydrogens (tertiary/aromatic N) is 1. The van der Waals surface area contributed by atoms with E-state index in [0.717, 1.165) is 21.6 Å². The van der Waals surface area contributed by atoms with Crippen LogP contribution >= 0.6 is 27.3 Å². The molecule has 2 rings (SSSR count). The van der Waals surface area contributed by atoms with Gasteiger partial charge in [-0.2, -0.15) is 0 Å². The number of halogens is 2. The molecular weight excluding hydrogens is 293 g/mol. The molecule has 1 aromatic heterocycles. The van der Waals surface area contributed by atoms with Crippen LogP contribution in [0.25, 0.3) is 11.3 Å². The van der Waals surface area contributed by atoms with E-state index >= 15 is 0 Å². The van der Waals surface area contributed by atoms with Crippen molar-refractivity contribution in [2.75, 3.05) is 7.11 Å². The van der Waals surface area contributed by atoms with Crippen LogP contribution in [0.15, 0.2) is 23.6 Å². The molecule has 0 spiro atoms. The predicted molar refractivity (Wildman–Crippen MR) is 66.7 cm³/mol. The number of rotatable bonds is 3. The number of alkyl halides is 1. The molecule has 0 saturated carbocycles. The Labute approximate surface area is 105 Å². The van der Waals surface area contributed by atoms with Crippen molar-refractivity contribution in [1.82, 2.24) is 4.98 Å². The molecule has 2 nitrogen and oxygen atoms in total. The molecule has 0 fully saturated rings. The molecule has 0 aliphatic rings. The summed E-state index contributed by atoms with van der Waals surface area (Å²) >= 11 is 4.88. The number of ether oxygens (including phenoxy) is 1. The maximum Gasteiger partial charge on any atom is 0.165 e. The summed E-state index contributed by atoms with van der Waals surface area (Å²) in [5, 5.41) is 3.61. The quantitative estimate of drug-likeness (QED) is 0.803. The zero-order chi connectivity index (χ0) is 11.5. The van der Waals surface area contributed by atoms with Crippen LogP contribution in [0.3, 0.4) is 0 Å². The predicted octanol–water partition coefficient (Wildman–Crippen LogP) is 3.85. The Balaban J connectivity index is 2.37. The first-order valence-corrected chi connectivity index (χ1v) is 6.59. The topological polar surface area (TPSA) is 22.1 Å². The molecule has 0 aliphatic carbocycles. The van der Waals surface area contributed by atoms with E-state index in [4.69, 9.17) is 4.74 Å². The number of hydrogen-bond donors (Lipinski definition) is 0. The Morgan fingerprint density at radius 3 is 2.88 bits per heavy atom. The summed E-state index contributed by atoms with van der Waals surface area (Å²) in [6.07, 6.45) is 0. The molecule has 0 N–H and O–H groups in total. The monoisotopic (exact) mass is 301 g/mol. The summed E-state index contributed by atoms with van der Waals surface area (Å²) in [5.74, 6) is -0.118. The van der Waals surface area contributed by atoms with Crippen LogP contribution < -0.4 is 4.74 Å². The van der Waals surface area contributed by atoms with Gasteiger partial charge in [0.15, 0.2) is 11.6 Å². The normalized spacial score (nSPS) is 10.4. The van der Waals surface area contributed by atoms with E-state index in [1.807, 2.05) is 5.38 Å². The lowest BCUT2D eigenvalue weighted by Gasteiger charge is -2.02. The van der Waals surface area contributed by atoms with Crippen molar-refractivity contribution in [2.45, 2.75) is 5.33 Å². The van der Waals surface area contributed by atoms with E-state index in [1.54, 1.807) is 23.5 Å². The number of methoxy groups -OCH3 is 1. The zero-order valence-corrected chi connectivity index (χ0v) is 10.9. The molecule has 0 saturated heterocycles. The molecule has 0 aliphatic heterocycles. The number of thiazole rings is 1. The first-order valence-electron chi connectivity index (χ1n) is 4.59. The minimum Gasteiger partial charge on any atom is -0.494 e. The van der Waals surface area contributed by atoms with E-state index in [2.05, 4.69) is 20.9 Å². The van der Waals surface area contributed by atoms with E-state index in [-0.39, 0.29) is 11.6 Å². The van der Waals surface area contributed by atoms with Gasteiger partial charge in [0, 0.05) is 10.9 Å². The summed E-state index contributed by atoms with van der Waals surface area (Å²) in [4.78, 5) is 4.36. The summed E-state index contributed by atoms with van der Waals surface area (Å²) < 4.78 is 18.3. The average molecular weight is 302 g/mol. The first-order chi connectivity index (χ1) is 7.74. The van der Waals surface area contributed by atoms with Crippen molar-refractivity contribution in [2.24, 2.45) is 0 Å². The molecule has 84 valence electrons.